The smallest absolute Gasteiger partial charge is 0.247 e. The second-order valence-electron chi connectivity index (χ2n) is 10.4. The summed E-state index contributed by atoms with van der Waals surface area (Å²) < 4.78 is 11.8. The van der Waals surface area contributed by atoms with E-state index in [-0.39, 0.29) is 44.2 Å². The van der Waals surface area contributed by atoms with E-state index < -0.39 is 30.1 Å². The maximum absolute atomic E-state index is 14.0. The molecule has 0 spiro atoms. The second-order valence-corrected chi connectivity index (χ2v) is 11.3. The van der Waals surface area contributed by atoms with Gasteiger partial charge in [-0.05, 0) is 47.0 Å². The fourth-order valence-electron chi connectivity index (χ4n) is 5.69. The number of amides is 2. The molecule has 11 heteroatoms. The van der Waals surface area contributed by atoms with Crippen molar-refractivity contribution in [1.29, 1.82) is 0 Å². The molecule has 2 amide bonds. The van der Waals surface area contributed by atoms with Crippen molar-refractivity contribution in [3.8, 4) is 11.5 Å². The van der Waals surface area contributed by atoms with Crippen molar-refractivity contribution in [2.24, 2.45) is 0 Å². The number of rotatable bonds is 10. The van der Waals surface area contributed by atoms with Crippen LogP contribution >= 0.6 is 23.2 Å². The number of ether oxygens (including phenoxy) is 2. The first-order valence-electron chi connectivity index (χ1n) is 13.8. The van der Waals surface area contributed by atoms with E-state index in [1.165, 1.54) is 12.0 Å². The average molecular weight is 628 g/mol. The molecule has 3 aromatic rings. The van der Waals surface area contributed by atoms with Crippen LogP contribution in [0, 0.1) is 0 Å². The number of benzene rings is 3. The van der Waals surface area contributed by atoms with Gasteiger partial charge < -0.3 is 35.0 Å². The third-order valence-corrected chi connectivity index (χ3v) is 8.45. The second kappa shape index (κ2) is 13.4. The Hall–Kier alpha value is -3.60. The Labute approximate surface area is 259 Å². The number of hydrogen-bond acceptors (Lipinski definition) is 7. The summed E-state index contributed by atoms with van der Waals surface area (Å²) in [7, 11) is 1.47. The predicted molar refractivity (Wildman–Crippen MR) is 161 cm³/mol. The fraction of sp³-hybridized carbons (Fsp3) is 0.312. The molecular formula is C32H32Cl2N2O7. The van der Waals surface area contributed by atoms with Gasteiger partial charge in [0, 0.05) is 24.2 Å². The molecule has 4 atom stereocenters. The molecule has 1 aliphatic carbocycles. The van der Waals surface area contributed by atoms with Gasteiger partial charge in [0.25, 0.3) is 0 Å². The minimum absolute atomic E-state index is 0.00835. The van der Waals surface area contributed by atoms with Gasteiger partial charge in [-0.1, -0.05) is 59.6 Å². The molecule has 1 aliphatic heterocycles. The van der Waals surface area contributed by atoms with E-state index in [2.05, 4.69) is 5.32 Å². The Balaban J connectivity index is 1.60. The van der Waals surface area contributed by atoms with Crippen molar-refractivity contribution in [2.75, 3.05) is 20.3 Å². The lowest BCUT2D eigenvalue weighted by atomic mass is 9.77. The van der Waals surface area contributed by atoms with Crippen molar-refractivity contribution in [1.82, 2.24) is 10.2 Å². The van der Waals surface area contributed by atoms with Gasteiger partial charge >= 0.3 is 0 Å². The number of aliphatic hydroxyl groups is 3. The number of carbonyl (C=O) groups excluding carboxylic acids is 2. The molecule has 5 rings (SSSR count). The molecule has 0 unspecified atom stereocenters. The molecular weight excluding hydrogens is 595 g/mol. The number of fused-ring (bicyclic) bond motifs is 3. The van der Waals surface area contributed by atoms with Crippen molar-refractivity contribution in [3.63, 3.8) is 0 Å². The zero-order chi connectivity index (χ0) is 30.7. The van der Waals surface area contributed by atoms with Gasteiger partial charge in [0.05, 0.1) is 48.7 Å². The molecule has 2 aliphatic rings. The van der Waals surface area contributed by atoms with E-state index in [1.54, 1.807) is 36.4 Å². The molecule has 0 aromatic heterocycles. The molecule has 0 saturated carbocycles. The molecule has 0 fully saturated rings. The lowest BCUT2D eigenvalue weighted by Crippen LogP contribution is -2.55. The first-order valence-corrected chi connectivity index (χ1v) is 14.6. The summed E-state index contributed by atoms with van der Waals surface area (Å²) in [6.07, 6.45) is -0.566. The van der Waals surface area contributed by atoms with Gasteiger partial charge in [-0.15, -0.1) is 0 Å². The lowest BCUT2D eigenvalue weighted by Gasteiger charge is -2.41. The number of halogens is 2. The Morgan fingerprint density at radius 3 is 2.44 bits per heavy atom. The van der Waals surface area contributed by atoms with Gasteiger partial charge in [0.2, 0.25) is 11.8 Å². The maximum atomic E-state index is 14.0. The number of nitrogens with zero attached hydrogens (tertiary/aromatic N) is 1. The van der Waals surface area contributed by atoms with Crippen LogP contribution in [0.5, 0.6) is 11.5 Å². The van der Waals surface area contributed by atoms with Crippen LogP contribution in [0.2, 0.25) is 10.0 Å². The molecule has 43 heavy (non-hydrogen) atoms. The van der Waals surface area contributed by atoms with Crippen LogP contribution in [0.25, 0.3) is 0 Å². The van der Waals surface area contributed by atoms with E-state index in [0.717, 1.165) is 5.56 Å². The number of nitrogens with one attached hydrogen (secondary N) is 1. The van der Waals surface area contributed by atoms with E-state index in [9.17, 15) is 24.9 Å². The van der Waals surface area contributed by atoms with Crippen molar-refractivity contribution in [3.05, 3.63) is 105 Å². The normalized spacial score (nSPS) is 20.4. The molecule has 0 saturated heterocycles. The topological polar surface area (TPSA) is 129 Å². The highest BCUT2D eigenvalue weighted by molar-refractivity contribution is 6.42. The zero-order valence-electron chi connectivity index (χ0n) is 23.4. The average Bonchev–Trinajstić information content (AvgIpc) is 3.41. The van der Waals surface area contributed by atoms with E-state index in [0.29, 0.717) is 38.2 Å². The molecule has 1 heterocycles. The van der Waals surface area contributed by atoms with E-state index in [1.807, 2.05) is 30.3 Å². The highest BCUT2D eigenvalue weighted by Gasteiger charge is 2.51. The Kier molecular flexibility index (Phi) is 9.59. The number of hydrogen-bond donors (Lipinski definition) is 4. The summed E-state index contributed by atoms with van der Waals surface area (Å²) in [6, 6.07) is 16.6. The van der Waals surface area contributed by atoms with Crippen molar-refractivity contribution in [2.45, 2.75) is 43.7 Å². The monoisotopic (exact) mass is 626 g/mol. The Bertz CT molecular complexity index is 1530. The molecule has 0 radical (unpaired) electrons. The van der Waals surface area contributed by atoms with Gasteiger partial charge in [0.1, 0.15) is 12.2 Å². The maximum Gasteiger partial charge on any atom is 0.247 e. The van der Waals surface area contributed by atoms with Crippen LogP contribution in [0.1, 0.15) is 28.2 Å². The quantitative estimate of drug-likeness (QED) is 0.271. The SMILES string of the molecule is COc1cc(CO)cc2c1O[C@@H]1[C@@H](O)[C@H](N(Cc3ccc(Cl)c(Cl)c3)C(=O)Cc3ccccc3)C=C(C(=O)NCCO)[C@H]21. The summed E-state index contributed by atoms with van der Waals surface area (Å²) in [4.78, 5) is 29.0. The number of methoxy groups -OCH3 is 1. The van der Waals surface area contributed by atoms with Crippen LogP contribution in [-0.4, -0.2) is 70.5 Å². The summed E-state index contributed by atoms with van der Waals surface area (Å²) in [5, 5.41) is 34.5. The van der Waals surface area contributed by atoms with Crippen LogP contribution in [0.15, 0.2) is 72.3 Å². The lowest BCUT2D eigenvalue weighted by molar-refractivity contribution is -0.137. The Morgan fingerprint density at radius 2 is 1.77 bits per heavy atom. The van der Waals surface area contributed by atoms with Gasteiger partial charge in [-0.2, -0.15) is 0 Å². The summed E-state index contributed by atoms with van der Waals surface area (Å²) in [6.45, 7) is -0.468. The molecule has 4 N–H and O–H groups in total. The highest BCUT2D eigenvalue weighted by Crippen LogP contribution is 2.51. The summed E-state index contributed by atoms with van der Waals surface area (Å²) >= 11 is 12.4. The minimum Gasteiger partial charge on any atom is -0.493 e. The van der Waals surface area contributed by atoms with Crippen LogP contribution in [0.3, 0.4) is 0 Å². The van der Waals surface area contributed by atoms with Crippen molar-refractivity contribution < 1.29 is 34.4 Å². The van der Waals surface area contributed by atoms with E-state index in [4.69, 9.17) is 32.7 Å². The summed E-state index contributed by atoms with van der Waals surface area (Å²) in [5.74, 6) is -0.793. The Morgan fingerprint density at radius 1 is 1.00 bits per heavy atom. The standard InChI is InChI=1S/C32H32Cl2N2O7/c1-42-26-13-20(17-38)11-21-28-22(32(41)35-9-10-37)15-25(29(40)31(28)43-30(21)26)36(16-19-7-8-23(33)24(34)12-19)27(39)14-18-5-3-2-4-6-18/h2-8,11-13,15,25,28-29,31,37-38,40H,9-10,14,16-17H2,1H3,(H,35,41)/t25-,28+,29+,31+/m1/s1. The predicted octanol–water partition coefficient (Wildman–Crippen LogP) is 3.39. The zero-order valence-corrected chi connectivity index (χ0v) is 24.9. The molecule has 226 valence electrons. The van der Waals surface area contributed by atoms with E-state index >= 15 is 0 Å². The van der Waals surface area contributed by atoms with Crippen LogP contribution < -0.4 is 14.8 Å². The van der Waals surface area contributed by atoms with Gasteiger partial charge in [-0.3, -0.25) is 9.59 Å². The van der Waals surface area contributed by atoms with Crippen LogP contribution in [0.4, 0.5) is 0 Å². The third-order valence-electron chi connectivity index (χ3n) is 7.71. The fourth-order valence-corrected chi connectivity index (χ4v) is 6.01. The first-order chi connectivity index (χ1) is 20.7. The largest absolute Gasteiger partial charge is 0.493 e. The molecule has 0 bridgehead atoms. The van der Waals surface area contributed by atoms with Gasteiger partial charge in [0.15, 0.2) is 11.5 Å². The first kappa shape index (κ1) is 30.8. The third kappa shape index (κ3) is 6.37. The van der Waals surface area contributed by atoms with Crippen LogP contribution in [-0.2, 0) is 29.2 Å². The highest BCUT2D eigenvalue weighted by atomic mass is 35.5. The molecule has 3 aromatic carbocycles. The minimum atomic E-state index is -1.25. The number of carbonyl (C=O) groups is 2. The molecule has 9 nitrogen and oxygen atoms in total. The summed E-state index contributed by atoms with van der Waals surface area (Å²) in [5.41, 5.74) is 2.84. The number of aliphatic hydroxyl groups excluding tert-OH is 3. The van der Waals surface area contributed by atoms with Crippen molar-refractivity contribution >= 4 is 35.0 Å². The van der Waals surface area contributed by atoms with Gasteiger partial charge in [-0.25, -0.2) is 0 Å².